The van der Waals surface area contributed by atoms with Crippen molar-refractivity contribution >= 4 is 29.1 Å². The summed E-state index contributed by atoms with van der Waals surface area (Å²) in [6.07, 6.45) is 5.45. The number of aryl methyl sites for hydroxylation is 1. The molecule has 1 aromatic heterocycles. The molecule has 29 heavy (non-hydrogen) atoms. The number of amides is 1. The second-order valence-electron chi connectivity index (χ2n) is 7.19. The van der Waals surface area contributed by atoms with Gasteiger partial charge in [0.25, 0.3) is 0 Å². The maximum atomic E-state index is 13.0. The van der Waals surface area contributed by atoms with Crippen molar-refractivity contribution in [3.05, 3.63) is 63.9 Å². The molecule has 2 heterocycles. The molecule has 0 radical (unpaired) electrons. The molecule has 3 rings (SSSR count). The summed E-state index contributed by atoms with van der Waals surface area (Å²) in [7, 11) is 0. The first kappa shape index (κ1) is 22.0. The minimum atomic E-state index is 0.125. The Hall–Kier alpha value is -1.66. The maximum absolute atomic E-state index is 13.0. The molecule has 5 nitrogen and oxygen atoms in total. The number of benzene rings is 1. The summed E-state index contributed by atoms with van der Waals surface area (Å²) in [4.78, 5) is 21.4. The van der Waals surface area contributed by atoms with Crippen LogP contribution in [-0.2, 0) is 22.5 Å². The summed E-state index contributed by atoms with van der Waals surface area (Å²) in [5.41, 5.74) is 1.99. The second kappa shape index (κ2) is 11.5. The number of morpholine rings is 1. The zero-order chi connectivity index (χ0) is 20.5. The molecule has 0 bridgehead atoms. The van der Waals surface area contributed by atoms with Gasteiger partial charge in [0.2, 0.25) is 5.91 Å². The fraction of sp³-hybridized carbons (Fsp3) is 0.455. The third-order valence-corrected chi connectivity index (χ3v) is 5.98. The highest BCUT2D eigenvalue weighted by Crippen LogP contribution is 2.26. The lowest BCUT2D eigenvalue weighted by Gasteiger charge is -2.28. The van der Waals surface area contributed by atoms with Crippen molar-refractivity contribution in [1.29, 1.82) is 0 Å². The van der Waals surface area contributed by atoms with E-state index in [-0.39, 0.29) is 5.91 Å². The summed E-state index contributed by atoms with van der Waals surface area (Å²) in [5, 5.41) is 1.06. The van der Waals surface area contributed by atoms with Gasteiger partial charge in [-0.05, 0) is 42.2 Å². The van der Waals surface area contributed by atoms with E-state index in [1.807, 2.05) is 29.2 Å². The number of hydrogen-bond acceptors (Lipinski definition) is 4. The van der Waals surface area contributed by atoms with E-state index in [0.29, 0.717) is 29.4 Å². The molecule has 0 aliphatic carbocycles. The van der Waals surface area contributed by atoms with Gasteiger partial charge in [0.1, 0.15) is 0 Å². The quantitative estimate of drug-likeness (QED) is 0.595. The fourth-order valence-electron chi connectivity index (χ4n) is 3.45. The normalized spacial score (nSPS) is 14.7. The van der Waals surface area contributed by atoms with Gasteiger partial charge in [-0.15, -0.1) is 0 Å². The third kappa shape index (κ3) is 6.96. The van der Waals surface area contributed by atoms with Gasteiger partial charge >= 0.3 is 0 Å². The van der Waals surface area contributed by atoms with E-state index in [1.54, 1.807) is 18.5 Å². The molecule has 0 atom stereocenters. The van der Waals surface area contributed by atoms with Crippen LogP contribution in [0, 0.1) is 0 Å². The number of carbonyl (C=O) groups is 1. The lowest BCUT2D eigenvalue weighted by atomic mass is 10.1. The van der Waals surface area contributed by atoms with E-state index >= 15 is 0 Å². The Balaban J connectivity index is 1.58. The van der Waals surface area contributed by atoms with Crippen molar-refractivity contribution in [1.82, 2.24) is 14.8 Å². The van der Waals surface area contributed by atoms with Crippen LogP contribution in [-0.4, -0.2) is 60.1 Å². The smallest absolute Gasteiger partial charge is 0.223 e. The van der Waals surface area contributed by atoms with Gasteiger partial charge in [-0.2, -0.15) is 0 Å². The topological polar surface area (TPSA) is 45.7 Å². The van der Waals surface area contributed by atoms with Gasteiger partial charge in [-0.3, -0.25) is 14.7 Å². The van der Waals surface area contributed by atoms with Crippen molar-refractivity contribution in [3.8, 4) is 0 Å². The van der Waals surface area contributed by atoms with Gasteiger partial charge in [-0.1, -0.05) is 35.3 Å². The Labute approximate surface area is 182 Å². The highest BCUT2D eigenvalue weighted by atomic mass is 35.5. The van der Waals surface area contributed by atoms with Crippen LogP contribution >= 0.6 is 23.2 Å². The highest BCUT2D eigenvalue weighted by molar-refractivity contribution is 6.42. The Bertz CT molecular complexity index is 783. The minimum absolute atomic E-state index is 0.125. The van der Waals surface area contributed by atoms with Crippen LogP contribution in [0.1, 0.15) is 24.0 Å². The van der Waals surface area contributed by atoms with Crippen LogP contribution in [0.2, 0.25) is 10.0 Å². The van der Waals surface area contributed by atoms with Crippen LogP contribution in [0.5, 0.6) is 0 Å². The Morgan fingerprint density at radius 3 is 2.66 bits per heavy atom. The van der Waals surface area contributed by atoms with Gasteiger partial charge in [0.15, 0.2) is 0 Å². The lowest BCUT2D eigenvalue weighted by molar-refractivity contribution is -0.132. The van der Waals surface area contributed by atoms with E-state index in [1.165, 1.54) is 0 Å². The monoisotopic (exact) mass is 435 g/mol. The largest absolute Gasteiger partial charge is 0.379 e. The Kier molecular flexibility index (Phi) is 8.74. The number of pyridine rings is 1. The number of carbonyl (C=O) groups excluding carboxylic acids is 1. The van der Waals surface area contributed by atoms with Crippen LogP contribution in [0.15, 0.2) is 42.7 Å². The zero-order valence-corrected chi connectivity index (χ0v) is 18.0. The van der Waals surface area contributed by atoms with Crippen molar-refractivity contribution in [2.45, 2.75) is 25.8 Å². The second-order valence-corrected chi connectivity index (χ2v) is 7.98. The third-order valence-electron chi connectivity index (χ3n) is 5.12. The van der Waals surface area contributed by atoms with Gasteiger partial charge < -0.3 is 9.64 Å². The summed E-state index contributed by atoms with van der Waals surface area (Å²) >= 11 is 12.4. The SMILES string of the molecule is O=C(CCc1cccc(Cl)c1Cl)N(CCCN1CCOCC1)Cc1ccncc1. The highest BCUT2D eigenvalue weighted by Gasteiger charge is 2.17. The molecule has 1 aliphatic heterocycles. The van der Waals surface area contributed by atoms with E-state index < -0.39 is 0 Å². The number of hydrogen-bond donors (Lipinski definition) is 0. The Morgan fingerprint density at radius 2 is 1.90 bits per heavy atom. The predicted molar refractivity (Wildman–Crippen MR) is 116 cm³/mol. The average molecular weight is 436 g/mol. The number of rotatable bonds is 9. The fourth-order valence-corrected chi connectivity index (χ4v) is 3.87. The lowest BCUT2D eigenvalue weighted by Crippen LogP contribution is -2.39. The molecule has 7 heteroatoms. The molecule has 1 aromatic carbocycles. The standard InChI is InChI=1S/C22H27Cl2N3O2/c23-20-4-1-3-19(22(20)24)5-6-21(28)27(17-18-7-9-25-10-8-18)12-2-11-26-13-15-29-16-14-26/h1,3-4,7-10H,2,5-6,11-17H2. The predicted octanol–water partition coefficient (Wildman–Crippen LogP) is 4.07. The summed E-state index contributed by atoms with van der Waals surface area (Å²) in [5.74, 6) is 0.125. The van der Waals surface area contributed by atoms with Crippen LogP contribution in [0.3, 0.4) is 0 Å². The molecule has 0 N–H and O–H groups in total. The first-order valence-corrected chi connectivity index (χ1v) is 10.8. The maximum Gasteiger partial charge on any atom is 0.223 e. The molecule has 1 aliphatic rings. The first-order chi connectivity index (χ1) is 14.1. The molecular weight excluding hydrogens is 409 g/mol. The van der Waals surface area contributed by atoms with Gasteiger partial charge in [0, 0.05) is 51.5 Å². The molecule has 1 saturated heterocycles. The minimum Gasteiger partial charge on any atom is -0.379 e. The van der Waals surface area contributed by atoms with Gasteiger partial charge in [-0.25, -0.2) is 0 Å². The summed E-state index contributed by atoms with van der Waals surface area (Å²) in [6.45, 7) is 5.80. The molecular formula is C22H27Cl2N3O2. The van der Waals surface area contributed by atoms with Crippen molar-refractivity contribution in [2.75, 3.05) is 39.4 Å². The molecule has 156 valence electrons. The Morgan fingerprint density at radius 1 is 1.14 bits per heavy atom. The van der Waals surface area contributed by atoms with E-state index in [0.717, 1.165) is 56.9 Å². The number of aromatic nitrogens is 1. The van der Waals surface area contributed by atoms with Crippen LogP contribution in [0.25, 0.3) is 0 Å². The molecule has 0 saturated carbocycles. The van der Waals surface area contributed by atoms with E-state index in [4.69, 9.17) is 27.9 Å². The van der Waals surface area contributed by atoms with E-state index in [9.17, 15) is 4.79 Å². The van der Waals surface area contributed by atoms with Crippen molar-refractivity contribution in [3.63, 3.8) is 0 Å². The van der Waals surface area contributed by atoms with Crippen molar-refractivity contribution < 1.29 is 9.53 Å². The molecule has 2 aromatic rings. The summed E-state index contributed by atoms with van der Waals surface area (Å²) in [6, 6.07) is 9.46. The number of ether oxygens (including phenoxy) is 1. The summed E-state index contributed by atoms with van der Waals surface area (Å²) < 4.78 is 5.40. The van der Waals surface area contributed by atoms with Crippen molar-refractivity contribution in [2.24, 2.45) is 0 Å². The van der Waals surface area contributed by atoms with Gasteiger partial charge in [0.05, 0.1) is 23.3 Å². The number of nitrogens with zero attached hydrogens (tertiary/aromatic N) is 3. The van der Waals surface area contributed by atoms with Crippen LogP contribution < -0.4 is 0 Å². The number of halogens is 2. The molecule has 0 unspecified atom stereocenters. The molecule has 1 amide bonds. The van der Waals surface area contributed by atoms with E-state index in [2.05, 4.69) is 9.88 Å². The average Bonchev–Trinajstić information content (AvgIpc) is 2.75. The first-order valence-electron chi connectivity index (χ1n) is 10.0. The zero-order valence-electron chi connectivity index (χ0n) is 16.5. The molecule has 1 fully saturated rings. The van der Waals surface area contributed by atoms with Crippen LogP contribution in [0.4, 0.5) is 0 Å². The molecule has 0 spiro atoms.